The van der Waals surface area contributed by atoms with Gasteiger partial charge in [-0.2, -0.15) is 0 Å². The molecule has 5 atom stereocenters. The number of hydrogen-bond acceptors (Lipinski definition) is 2. The van der Waals surface area contributed by atoms with Crippen LogP contribution in [-0.2, 0) is 0 Å². The molecule has 1 saturated heterocycles. The van der Waals surface area contributed by atoms with Crippen LogP contribution in [-0.4, -0.2) is 29.6 Å². The molecule has 2 N–H and O–H groups in total. The van der Waals surface area contributed by atoms with E-state index in [1.54, 1.807) is 0 Å². The molecule has 0 amide bonds. The summed E-state index contributed by atoms with van der Waals surface area (Å²) in [4.78, 5) is 2.83. The van der Waals surface area contributed by atoms with E-state index in [1.165, 1.54) is 57.8 Å². The topological polar surface area (TPSA) is 29.3 Å². The molecule has 118 valence electrons. The van der Waals surface area contributed by atoms with Gasteiger partial charge in [0.15, 0.2) is 0 Å². The van der Waals surface area contributed by atoms with Gasteiger partial charge >= 0.3 is 0 Å². The second kappa shape index (κ2) is 7.79. The molecule has 0 aromatic rings. The maximum Gasteiger partial charge on any atom is 0.0113 e. The van der Waals surface area contributed by atoms with Gasteiger partial charge in [-0.25, -0.2) is 0 Å². The van der Waals surface area contributed by atoms with E-state index in [-0.39, 0.29) is 0 Å². The zero-order valence-corrected chi connectivity index (χ0v) is 14.0. The molecule has 1 unspecified atom stereocenters. The zero-order valence-electron chi connectivity index (χ0n) is 14.0. The van der Waals surface area contributed by atoms with E-state index in [0.717, 1.165) is 36.5 Å². The Morgan fingerprint density at radius 1 is 1.10 bits per heavy atom. The predicted molar refractivity (Wildman–Crippen MR) is 87.8 cm³/mol. The van der Waals surface area contributed by atoms with Crippen LogP contribution in [0.15, 0.2) is 0 Å². The Hall–Kier alpha value is -0.0800. The maximum absolute atomic E-state index is 5.84. The number of rotatable bonds is 5. The first-order valence-corrected chi connectivity index (χ1v) is 9.09. The van der Waals surface area contributed by atoms with Crippen molar-refractivity contribution in [3.63, 3.8) is 0 Å². The van der Waals surface area contributed by atoms with Crippen LogP contribution in [0.5, 0.6) is 0 Å². The van der Waals surface area contributed by atoms with E-state index in [4.69, 9.17) is 5.73 Å². The minimum atomic E-state index is 0.747. The van der Waals surface area contributed by atoms with Crippen molar-refractivity contribution in [3.05, 3.63) is 0 Å². The quantitative estimate of drug-likeness (QED) is 0.818. The minimum Gasteiger partial charge on any atom is -0.330 e. The van der Waals surface area contributed by atoms with Crippen molar-refractivity contribution in [2.75, 3.05) is 6.54 Å². The third-order valence-electron chi connectivity index (χ3n) is 5.82. The van der Waals surface area contributed by atoms with Gasteiger partial charge in [0.1, 0.15) is 0 Å². The van der Waals surface area contributed by atoms with E-state index in [9.17, 15) is 0 Å². The average Bonchev–Trinajstić information content (AvgIpc) is 2.39. The molecule has 1 aliphatic heterocycles. The molecule has 0 bridgehead atoms. The van der Waals surface area contributed by atoms with Crippen LogP contribution in [0.1, 0.15) is 78.6 Å². The normalized spacial score (nSPS) is 37.8. The molecule has 2 rings (SSSR count). The van der Waals surface area contributed by atoms with Crippen molar-refractivity contribution in [1.29, 1.82) is 0 Å². The predicted octanol–water partition coefficient (Wildman–Crippen LogP) is 4.18. The zero-order chi connectivity index (χ0) is 14.5. The van der Waals surface area contributed by atoms with Gasteiger partial charge in [0, 0.05) is 18.1 Å². The fraction of sp³-hybridized carbons (Fsp3) is 1.00. The van der Waals surface area contributed by atoms with E-state index in [2.05, 4.69) is 25.7 Å². The Bertz CT molecular complexity index is 277. The molecule has 2 aliphatic rings. The Morgan fingerprint density at radius 3 is 2.55 bits per heavy atom. The first-order chi connectivity index (χ1) is 9.61. The first-order valence-electron chi connectivity index (χ1n) is 9.09. The van der Waals surface area contributed by atoms with Crippen LogP contribution in [0, 0.1) is 11.8 Å². The SMILES string of the molecule is CC1CCC[C@@H](CCN)N1[C@@H](C)C[C@H]1CCC[C@@H](C)C1. The molecular formula is C18H36N2. The highest BCUT2D eigenvalue weighted by Gasteiger charge is 2.32. The second-order valence-electron chi connectivity index (χ2n) is 7.68. The van der Waals surface area contributed by atoms with Crippen molar-refractivity contribution < 1.29 is 0 Å². The Morgan fingerprint density at radius 2 is 1.85 bits per heavy atom. The van der Waals surface area contributed by atoms with Crippen molar-refractivity contribution in [3.8, 4) is 0 Å². The van der Waals surface area contributed by atoms with Crippen molar-refractivity contribution in [2.24, 2.45) is 17.6 Å². The highest BCUT2D eigenvalue weighted by molar-refractivity contribution is 4.87. The van der Waals surface area contributed by atoms with Gasteiger partial charge in [0.05, 0.1) is 0 Å². The standard InChI is InChI=1S/C18H36N2/c1-14-6-4-8-17(12-14)13-16(3)20-15(2)7-5-9-18(20)10-11-19/h14-18H,4-13,19H2,1-3H3/t14-,15?,16+,17+,18+/m1/s1. The largest absolute Gasteiger partial charge is 0.330 e. The summed E-state index contributed by atoms with van der Waals surface area (Å²) in [5, 5.41) is 0. The lowest BCUT2D eigenvalue weighted by Crippen LogP contribution is -2.51. The van der Waals surface area contributed by atoms with Gasteiger partial charge in [-0.15, -0.1) is 0 Å². The number of likely N-dealkylation sites (tertiary alicyclic amines) is 1. The minimum absolute atomic E-state index is 0.747. The van der Waals surface area contributed by atoms with Crippen LogP contribution in [0.3, 0.4) is 0 Å². The van der Waals surface area contributed by atoms with Gasteiger partial charge in [0.25, 0.3) is 0 Å². The van der Waals surface area contributed by atoms with Crippen LogP contribution in [0.4, 0.5) is 0 Å². The fourth-order valence-electron chi connectivity index (χ4n) is 4.96. The Balaban J connectivity index is 1.92. The number of piperidine rings is 1. The summed E-state index contributed by atoms with van der Waals surface area (Å²) >= 11 is 0. The van der Waals surface area contributed by atoms with Crippen LogP contribution in [0.2, 0.25) is 0 Å². The highest BCUT2D eigenvalue weighted by atomic mass is 15.2. The Labute approximate surface area is 126 Å². The monoisotopic (exact) mass is 280 g/mol. The molecule has 2 fully saturated rings. The molecule has 0 radical (unpaired) electrons. The molecule has 1 aliphatic carbocycles. The van der Waals surface area contributed by atoms with E-state index < -0.39 is 0 Å². The average molecular weight is 280 g/mol. The molecule has 2 heteroatoms. The smallest absolute Gasteiger partial charge is 0.0113 e. The summed E-state index contributed by atoms with van der Waals surface area (Å²) < 4.78 is 0. The summed E-state index contributed by atoms with van der Waals surface area (Å²) in [5.74, 6) is 1.93. The van der Waals surface area contributed by atoms with Gasteiger partial charge in [-0.1, -0.05) is 32.6 Å². The summed E-state index contributed by atoms with van der Waals surface area (Å²) in [5.41, 5.74) is 5.84. The van der Waals surface area contributed by atoms with Crippen molar-refractivity contribution >= 4 is 0 Å². The summed E-state index contributed by atoms with van der Waals surface area (Å²) in [6.07, 6.45) is 12.6. The molecule has 1 heterocycles. The molecule has 0 aromatic heterocycles. The molecule has 0 spiro atoms. The van der Waals surface area contributed by atoms with Crippen molar-refractivity contribution in [2.45, 2.75) is 96.7 Å². The third kappa shape index (κ3) is 4.21. The summed E-state index contributed by atoms with van der Waals surface area (Å²) in [6, 6.07) is 2.26. The first kappa shape index (κ1) is 16.3. The molecule has 1 saturated carbocycles. The van der Waals surface area contributed by atoms with Gasteiger partial charge in [-0.3, -0.25) is 4.90 Å². The number of hydrogen-bond donors (Lipinski definition) is 1. The fourth-order valence-corrected chi connectivity index (χ4v) is 4.96. The van der Waals surface area contributed by atoms with Gasteiger partial charge in [0.2, 0.25) is 0 Å². The summed E-state index contributed by atoms with van der Waals surface area (Å²) in [6.45, 7) is 8.20. The van der Waals surface area contributed by atoms with Gasteiger partial charge in [-0.05, 0) is 64.3 Å². The lowest BCUT2D eigenvalue weighted by atomic mass is 9.78. The second-order valence-corrected chi connectivity index (χ2v) is 7.68. The molecule has 0 aromatic carbocycles. The Kier molecular flexibility index (Phi) is 6.35. The van der Waals surface area contributed by atoms with Crippen LogP contribution < -0.4 is 5.73 Å². The molecule has 20 heavy (non-hydrogen) atoms. The molecule has 2 nitrogen and oxygen atoms in total. The summed E-state index contributed by atoms with van der Waals surface area (Å²) in [7, 11) is 0. The van der Waals surface area contributed by atoms with Crippen LogP contribution in [0.25, 0.3) is 0 Å². The third-order valence-corrected chi connectivity index (χ3v) is 5.82. The van der Waals surface area contributed by atoms with E-state index in [0.29, 0.717) is 0 Å². The number of nitrogens with zero attached hydrogens (tertiary/aromatic N) is 1. The lowest BCUT2D eigenvalue weighted by molar-refractivity contribution is 0.0349. The van der Waals surface area contributed by atoms with Crippen LogP contribution >= 0.6 is 0 Å². The van der Waals surface area contributed by atoms with E-state index >= 15 is 0 Å². The number of nitrogens with two attached hydrogens (primary N) is 1. The van der Waals surface area contributed by atoms with Crippen molar-refractivity contribution in [1.82, 2.24) is 4.90 Å². The lowest BCUT2D eigenvalue weighted by Gasteiger charge is -2.46. The van der Waals surface area contributed by atoms with Gasteiger partial charge < -0.3 is 5.73 Å². The molecular weight excluding hydrogens is 244 g/mol. The highest BCUT2D eigenvalue weighted by Crippen LogP contribution is 2.35. The van der Waals surface area contributed by atoms with E-state index in [1.807, 2.05) is 0 Å². The maximum atomic E-state index is 5.84.